The predicted octanol–water partition coefficient (Wildman–Crippen LogP) is 2.60. The number of alkyl halides is 1. The summed E-state index contributed by atoms with van der Waals surface area (Å²) in [6, 6.07) is 0.826. The Hall–Kier alpha value is 0.790. The highest BCUT2D eigenvalue weighted by atomic mass is 79.9. The Morgan fingerprint density at radius 3 is 3.08 bits per heavy atom. The first-order valence-corrected chi connectivity index (χ1v) is 7.19. The quantitative estimate of drug-likeness (QED) is 0.546. The van der Waals surface area contributed by atoms with E-state index in [1.807, 2.05) is 11.8 Å². The molecule has 0 bridgehead atoms. The maximum absolute atomic E-state index is 3.58. The Morgan fingerprint density at radius 1 is 1.58 bits per heavy atom. The molecule has 1 nitrogen and oxygen atoms in total. The third-order valence-electron chi connectivity index (χ3n) is 2.47. The van der Waals surface area contributed by atoms with Crippen LogP contribution in [0.2, 0.25) is 0 Å². The molecule has 1 saturated heterocycles. The van der Waals surface area contributed by atoms with Crippen LogP contribution in [-0.2, 0) is 0 Å². The van der Waals surface area contributed by atoms with Gasteiger partial charge in [-0.25, -0.2) is 0 Å². The predicted molar refractivity (Wildman–Crippen MR) is 61.4 cm³/mol. The summed E-state index contributed by atoms with van der Waals surface area (Å²) < 4.78 is 0. The highest BCUT2D eigenvalue weighted by Crippen LogP contribution is 2.19. The zero-order chi connectivity index (χ0) is 8.81. The lowest BCUT2D eigenvalue weighted by atomic mass is 10.2. The lowest BCUT2D eigenvalue weighted by Gasteiger charge is -2.22. The van der Waals surface area contributed by atoms with E-state index in [9.17, 15) is 0 Å². The molecule has 1 aliphatic heterocycles. The summed E-state index contributed by atoms with van der Waals surface area (Å²) in [7, 11) is 0. The van der Waals surface area contributed by atoms with Crippen LogP contribution >= 0.6 is 27.7 Å². The van der Waals surface area contributed by atoms with E-state index in [1.54, 1.807) is 0 Å². The third kappa shape index (κ3) is 3.27. The summed E-state index contributed by atoms with van der Waals surface area (Å²) in [5.74, 6) is 1.31. The van der Waals surface area contributed by atoms with Crippen molar-refractivity contribution < 1.29 is 0 Å². The SMILES string of the molecule is CSCCCN1CCCC1CBr. The van der Waals surface area contributed by atoms with Gasteiger partial charge < -0.3 is 0 Å². The molecule has 1 fully saturated rings. The Labute approximate surface area is 88.4 Å². The Morgan fingerprint density at radius 2 is 2.42 bits per heavy atom. The molecule has 0 aromatic carbocycles. The minimum atomic E-state index is 0.826. The maximum Gasteiger partial charge on any atom is 0.0193 e. The van der Waals surface area contributed by atoms with Gasteiger partial charge in [-0.3, -0.25) is 4.90 Å². The lowest BCUT2D eigenvalue weighted by molar-refractivity contribution is 0.275. The van der Waals surface area contributed by atoms with Gasteiger partial charge in [-0.1, -0.05) is 15.9 Å². The van der Waals surface area contributed by atoms with Crippen LogP contribution in [-0.4, -0.2) is 41.4 Å². The average molecular weight is 252 g/mol. The highest BCUT2D eigenvalue weighted by molar-refractivity contribution is 9.09. The van der Waals surface area contributed by atoms with Gasteiger partial charge >= 0.3 is 0 Å². The van der Waals surface area contributed by atoms with Gasteiger partial charge in [0.25, 0.3) is 0 Å². The topological polar surface area (TPSA) is 3.24 Å². The van der Waals surface area contributed by atoms with E-state index in [0.29, 0.717) is 0 Å². The van der Waals surface area contributed by atoms with Crippen molar-refractivity contribution in [3.63, 3.8) is 0 Å². The van der Waals surface area contributed by atoms with Crippen LogP contribution < -0.4 is 0 Å². The summed E-state index contributed by atoms with van der Waals surface area (Å²) >= 11 is 5.53. The first-order valence-electron chi connectivity index (χ1n) is 4.67. The zero-order valence-corrected chi connectivity index (χ0v) is 10.2. The smallest absolute Gasteiger partial charge is 0.0193 e. The van der Waals surface area contributed by atoms with Crippen LogP contribution in [0.5, 0.6) is 0 Å². The molecule has 3 heteroatoms. The van der Waals surface area contributed by atoms with Crippen molar-refractivity contribution in [3.8, 4) is 0 Å². The Bertz CT molecular complexity index is 121. The normalized spacial score (nSPS) is 25.0. The number of thioether (sulfide) groups is 1. The molecule has 0 amide bonds. The van der Waals surface area contributed by atoms with Gasteiger partial charge in [-0.2, -0.15) is 11.8 Å². The van der Waals surface area contributed by atoms with Crippen molar-refractivity contribution >= 4 is 27.7 Å². The molecule has 1 heterocycles. The second-order valence-electron chi connectivity index (χ2n) is 3.33. The molecule has 12 heavy (non-hydrogen) atoms. The number of hydrogen-bond acceptors (Lipinski definition) is 2. The molecule has 1 rings (SSSR count). The summed E-state index contributed by atoms with van der Waals surface area (Å²) in [6.07, 6.45) is 6.33. The fraction of sp³-hybridized carbons (Fsp3) is 1.00. The zero-order valence-electron chi connectivity index (χ0n) is 7.76. The van der Waals surface area contributed by atoms with Crippen molar-refractivity contribution in [2.24, 2.45) is 0 Å². The molecule has 0 aliphatic carbocycles. The summed E-state index contributed by atoms with van der Waals surface area (Å²) in [6.45, 7) is 2.63. The first-order chi connectivity index (χ1) is 5.88. The molecule has 0 aromatic heterocycles. The fourth-order valence-electron chi connectivity index (χ4n) is 1.78. The van der Waals surface area contributed by atoms with Gasteiger partial charge in [-0.15, -0.1) is 0 Å². The first kappa shape index (κ1) is 10.9. The molecule has 0 saturated carbocycles. The molecular weight excluding hydrogens is 234 g/mol. The van der Waals surface area contributed by atoms with E-state index < -0.39 is 0 Å². The summed E-state index contributed by atoms with van der Waals surface area (Å²) in [5.41, 5.74) is 0. The van der Waals surface area contributed by atoms with Crippen LogP contribution in [0.4, 0.5) is 0 Å². The maximum atomic E-state index is 3.58. The van der Waals surface area contributed by atoms with E-state index in [0.717, 1.165) is 11.4 Å². The van der Waals surface area contributed by atoms with Crippen LogP contribution in [0.1, 0.15) is 19.3 Å². The van der Waals surface area contributed by atoms with Crippen LogP contribution in [0.15, 0.2) is 0 Å². The second kappa shape index (κ2) is 6.28. The van der Waals surface area contributed by atoms with Crippen molar-refractivity contribution in [1.29, 1.82) is 0 Å². The minimum absolute atomic E-state index is 0.826. The van der Waals surface area contributed by atoms with E-state index in [1.165, 1.54) is 38.1 Å². The minimum Gasteiger partial charge on any atom is -0.300 e. The lowest BCUT2D eigenvalue weighted by Crippen LogP contribution is -2.31. The number of halogens is 1. The highest BCUT2D eigenvalue weighted by Gasteiger charge is 2.22. The number of likely N-dealkylation sites (tertiary alicyclic amines) is 1. The monoisotopic (exact) mass is 251 g/mol. The Balaban J connectivity index is 2.12. The van der Waals surface area contributed by atoms with E-state index in [2.05, 4.69) is 27.1 Å². The van der Waals surface area contributed by atoms with Gasteiger partial charge in [0, 0.05) is 11.4 Å². The number of rotatable bonds is 5. The van der Waals surface area contributed by atoms with E-state index in [4.69, 9.17) is 0 Å². The fourth-order valence-corrected chi connectivity index (χ4v) is 2.93. The average Bonchev–Trinajstić information content (AvgIpc) is 2.52. The molecule has 1 unspecified atom stereocenters. The van der Waals surface area contributed by atoms with E-state index in [-0.39, 0.29) is 0 Å². The Kier molecular flexibility index (Phi) is 5.68. The van der Waals surface area contributed by atoms with Gasteiger partial charge in [0.15, 0.2) is 0 Å². The van der Waals surface area contributed by atoms with Crippen LogP contribution in [0.3, 0.4) is 0 Å². The molecular formula is C9H18BrNS. The van der Waals surface area contributed by atoms with Gasteiger partial charge in [0.2, 0.25) is 0 Å². The van der Waals surface area contributed by atoms with E-state index >= 15 is 0 Å². The summed E-state index contributed by atoms with van der Waals surface area (Å²) in [4.78, 5) is 2.63. The third-order valence-corrected chi connectivity index (χ3v) is 3.92. The van der Waals surface area contributed by atoms with Crippen molar-refractivity contribution in [1.82, 2.24) is 4.90 Å². The summed E-state index contributed by atoms with van der Waals surface area (Å²) in [5, 5.41) is 1.16. The molecule has 1 atom stereocenters. The van der Waals surface area contributed by atoms with Gasteiger partial charge in [0.05, 0.1) is 0 Å². The van der Waals surface area contributed by atoms with Crippen molar-refractivity contribution in [3.05, 3.63) is 0 Å². The molecule has 0 spiro atoms. The van der Waals surface area contributed by atoms with Gasteiger partial charge in [0.1, 0.15) is 0 Å². The molecule has 1 aliphatic rings. The number of hydrogen-bond donors (Lipinski definition) is 0. The van der Waals surface area contributed by atoms with Crippen LogP contribution in [0, 0.1) is 0 Å². The van der Waals surface area contributed by atoms with Crippen LogP contribution in [0.25, 0.3) is 0 Å². The molecule has 0 radical (unpaired) electrons. The molecule has 0 N–H and O–H groups in total. The largest absolute Gasteiger partial charge is 0.300 e. The van der Waals surface area contributed by atoms with Crippen molar-refractivity contribution in [2.45, 2.75) is 25.3 Å². The molecule has 72 valence electrons. The van der Waals surface area contributed by atoms with Gasteiger partial charge in [-0.05, 0) is 44.4 Å². The van der Waals surface area contributed by atoms with Crippen molar-refractivity contribution in [2.75, 3.05) is 30.4 Å². The number of nitrogens with zero attached hydrogens (tertiary/aromatic N) is 1. The second-order valence-corrected chi connectivity index (χ2v) is 4.97. The standard InChI is InChI=1S/C9H18BrNS/c1-12-7-3-6-11-5-2-4-9(11)8-10/h9H,2-8H2,1H3. The molecule has 0 aromatic rings.